The predicted octanol–water partition coefficient (Wildman–Crippen LogP) is 3.75. The lowest BCUT2D eigenvalue weighted by molar-refractivity contribution is -0.115. The van der Waals surface area contributed by atoms with E-state index in [2.05, 4.69) is 15.3 Å². The number of ether oxygens (including phenoxy) is 1. The number of thioether (sulfide) groups is 1. The monoisotopic (exact) mass is 385 g/mol. The Hall–Kier alpha value is -3.20. The molecule has 0 aliphatic carbocycles. The number of amides is 2. The van der Waals surface area contributed by atoms with Gasteiger partial charge in [-0.3, -0.25) is 19.9 Å². The molecular formula is C18H12FN3O4S. The standard InChI is InChI=1S/C18H12FN3O4S/c1-2-25-15-5-9(4-14(19)21-15)12-8-20-7-10-3-11(26-16(10)12)6-13-17(23)22-18(24)27-13/h3-8H,2H2,1H3,(H,22,23,24)/b13-6+. The number of fused-ring (bicyclic) bond motifs is 1. The van der Waals surface area contributed by atoms with Gasteiger partial charge in [0.1, 0.15) is 11.3 Å². The second kappa shape index (κ2) is 6.84. The second-order valence-electron chi connectivity index (χ2n) is 5.56. The molecular weight excluding hydrogens is 373 g/mol. The molecule has 0 spiro atoms. The van der Waals surface area contributed by atoms with Gasteiger partial charge < -0.3 is 9.15 Å². The Kier molecular flexibility index (Phi) is 4.36. The van der Waals surface area contributed by atoms with Gasteiger partial charge in [0.2, 0.25) is 11.8 Å². The van der Waals surface area contributed by atoms with Crippen LogP contribution in [-0.2, 0) is 4.79 Å². The molecule has 0 atom stereocenters. The molecule has 4 heterocycles. The topological polar surface area (TPSA) is 94.3 Å². The minimum atomic E-state index is -0.681. The van der Waals surface area contributed by atoms with Crippen LogP contribution in [-0.4, -0.2) is 27.7 Å². The van der Waals surface area contributed by atoms with Crippen LogP contribution in [0.4, 0.5) is 9.18 Å². The number of hydrogen-bond acceptors (Lipinski definition) is 7. The number of hydrogen-bond donors (Lipinski definition) is 1. The molecule has 1 N–H and O–H groups in total. The molecule has 0 radical (unpaired) electrons. The molecule has 27 heavy (non-hydrogen) atoms. The minimum Gasteiger partial charge on any atom is -0.478 e. The van der Waals surface area contributed by atoms with Gasteiger partial charge in [0.05, 0.1) is 11.5 Å². The molecule has 0 unspecified atom stereocenters. The van der Waals surface area contributed by atoms with E-state index >= 15 is 0 Å². The highest BCUT2D eigenvalue weighted by Crippen LogP contribution is 2.33. The van der Waals surface area contributed by atoms with E-state index in [1.54, 1.807) is 31.5 Å². The van der Waals surface area contributed by atoms with Crippen molar-refractivity contribution in [1.29, 1.82) is 0 Å². The number of carbonyl (C=O) groups excluding carboxylic acids is 2. The summed E-state index contributed by atoms with van der Waals surface area (Å²) in [4.78, 5) is 31.1. The smallest absolute Gasteiger partial charge is 0.290 e. The Morgan fingerprint density at radius 2 is 2.15 bits per heavy atom. The molecule has 0 aromatic carbocycles. The Morgan fingerprint density at radius 1 is 1.30 bits per heavy atom. The molecule has 0 bridgehead atoms. The molecule has 7 nitrogen and oxygen atoms in total. The fraction of sp³-hybridized carbons (Fsp3) is 0.111. The molecule has 136 valence electrons. The van der Waals surface area contributed by atoms with Gasteiger partial charge in [-0.05, 0) is 30.3 Å². The number of furan rings is 1. The average Bonchev–Trinajstić information content (AvgIpc) is 3.16. The third-order valence-electron chi connectivity index (χ3n) is 3.73. The van der Waals surface area contributed by atoms with Crippen LogP contribution in [0.3, 0.4) is 0 Å². The highest BCUT2D eigenvalue weighted by atomic mass is 32.2. The largest absolute Gasteiger partial charge is 0.478 e. The van der Waals surface area contributed by atoms with Crippen molar-refractivity contribution in [2.75, 3.05) is 6.61 Å². The van der Waals surface area contributed by atoms with Crippen LogP contribution in [0.25, 0.3) is 28.2 Å². The Bertz CT molecular complexity index is 1110. The Labute approximate surface area is 156 Å². The number of carbonyl (C=O) groups is 2. The van der Waals surface area contributed by atoms with Crippen molar-refractivity contribution in [3.8, 4) is 17.0 Å². The van der Waals surface area contributed by atoms with Crippen molar-refractivity contribution in [3.63, 3.8) is 0 Å². The molecule has 3 aromatic heterocycles. The summed E-state index contributed by atoms with van der Waals surface area (Å²) in [5, 5.41) is 2.42. The number of aromatic nitrogens is 2. The van der Waals surface area contributed by atoms with Crippen LogP contribution in [0.15, 0.2) is 39.9 Å². The molecule has 9 heteroatoms. The van der Waals surface area contributed by atoms with Crippen LogP contribution in [0.1, 0.15) is 12.7 Å². The fourth-order valence-electron chi connectivity index (χ4n) is 2.66. The number of nitrogens with zero attached hydrogens (tertiary/aromatic N) is 2. The van der Waals surface area contributed by atoms with E-state index in [1.807, 2.05) is 0 Å². The molecule has 4 rings (SSSR count). The Balaban J connectivity index is 1.80. The normalized spacial score (nSPS) is 15.6. The van der Waals surface area contributed by atoms with Gasteiger partial charge in [-0.1, -0.05) is 0 Å². The summed E-state index contributed by atoms with van der Waals surface area (Å²) in [6, 6.07) is 4.55. The van der Waals surface area contributed by atoms with Gasteiger partial charge in [-0.2, -0.15) is 9.37 Å². The number of pyridine rings is 2. The number of nitrogens with one attached hydrogen (secondary N) is 1. The average molecular weight is 385 g/mol. The molecule has 1 saturated heterocycles. The summed E-state index contributed by atoms with van der Waals surface area (Å²) in [6.45, 7) is 2.14. The summed E-state index contributed by atoms with van der Waals surface area (Å²) in [7, 11) is 0. The van der Waals surface area contributed by atoms with E-state index in [9.17, 15) is 14.0 Å². The zero-order chi connectivity index (χ0) is 19.0. The summed E-state index contributed by atoms with van der Waals surface area (Å²) in [6.07, 6.45) is 4.62. The van der Waals surface area contributed by atoms with Gasteiger partial charge in [0.25, 0.3) is 11.1 Å². The van der Waals surface area contributed by atoms with E-state index < -0.39 is 17.1 Å². The van der Waals surface area contributed by atoms with Crippen LogP contribution in [0.5, 0.6) is 5.88 Å². The SMILES string of the molecule is CCOc1cc(-c2cncc3cc(/C=C4/SC(=O)NC4=O)oc23)cc(F)n1. The number of imide groups is 1. The highest BCUT2D eigenvalue weighted by molar-refractivity contribution is 8.18. The van der Waals surface area contributed by atoms with Crippen LogP contribution >= 0.6 is 11.8 Å². The lowest BCUT2D eigenvalue weighted by Crippen LogP contribution is -2.17. The maximum Gasteiger partial charge on any atom is 0.290 e. The molecule has 1 fully saturated rings. The fourth-order valence-corrected chi connectivity index (χ4v) is 3.32. The lowest BCUT2D eigenvalue weighted by atomic mass is 10.1. The summed E-state index contributed by atoms with van der Waals surface area (Å²) < 4.78 is 25.0. The van der Waals surface area contributed by atoms with E-state index in [1.165, 1.54) is 12.1 Å². The second-order valence-corrected chi connectivity index (χ2v) is 6.57. The first-order valence-electron chi connectivity index (χ1n) is 7.96. The van der Waals surface area contributed by atoms with Crippen molar-refractivity contribution in [2.24, 2.45) is 0 Å². The highest BCUT2D eigenvalue weighted by Gasteiger charge is 2.25. The summed E-state index contributed by atoms with van der Waals surface area (Å²) >= 11 is 0.800. The quantitative estimate of drug-likeness (QED) is 0.540. The van der Waals surface area contributed by atoms with E-state index in [0.29, 0.717) is 34.5 Å². The summed E-state index contributed by atoms with van der Waals surface area (Å²) in [5.41, 5.74) is 1.53. The first-order chi connectivity index (χ1) is 13.0. The van der Waals surface area contributed by atoms with Gasteiger partial charge >= 0.3 is 0 Å². The van der Waals surface area contributed by atoms with Crippen molar-refractivity contribution >= 4 is 40.0 Å². The third-order valence-corrected chi connectivity index (χ3v) is 4.54. The van der Waals surface area contributed by atoms with Gasteiger partial charge in [-0.25, -0.2) is 0 Å². The Morgan fingerprint density at radius 3 is 2.89 bits per heavy atom. The maximum absolute atomic E-state index is 13.9. The van der Waals surface area contributed by atoms with Crippen molar-refractivity contribution < 1.29 is 23.1 Å². The van der Waals surface area contributed by atoms with Gasteiger partial charge in [-0.15, -0.1) is 0 Å². The summed E-state index contributed by atoms with van der Waals surface area (Å²) in [5.74, 6) is -0.608. The van der Waals surface area contributed by atoms with Crippen molar-refractivity contribution in [1.82, 2.24) is 15.3 Å². The maximum atomic E-state index is 13.9. The van der Waals surface area contributed by atoms with Gasteiger partial charge in [0, 0.05) is 41.6 Å². The van der Waals surface area contributed by atoms with Crippen LogP contribution < -0.4 is 10.1 Å². The molecule has 3 aromatic rings. The first-order valence-corrected chi connectivity index (χ1v) is 8.78. The lowest BCUT2D eigenvalue weighted by Gasteiger charge is -2.06. The zero-order valence-electron chi connectivity index (χ0n) is 14.0. The first kappa shape index (κ1) is 17.2. The predicted molar refractivity (Wildman–Crippen MR) is 97.5 cm³/mol. The minimum absolute atomic E-state index is 0.163. The molecule has 2 amide bonds. The number of rotatable bonds is 4. The van der Waals surface area contributed by atoms with Crippen molar-refractivity contribution in [3.05, 3.63) is 47.2 Å². The molecule has 1 aliphatic rings. The number of halogens is 1. The van der Waals surface area contributed by atoms with E-state index in [0.717, 1.165) is 11.8 Å². The van der Waals surface area contributed by atoms with Crippen LogP contribution in [0, 0.1) is 5.95 Å². The van der Waals surface area contributed by atoms with Crippen molar-refractivity contribution in [2.45, 2.75) is 6.92 Å². The van der Waals surface area contributed by atoms with E-state index in [-0.39, 0.29) is 10.8 Å². The van der Waals surface area contributed by atoms with Crippen LogP contribution in [0.2, 0.25) is 0 Å². The zero-order valence-corrected chi connectivity index (χ0v) is 14.8. The van der Waals surface area contributed by atoms with Gasteiger partial charge in [0.15, 0.2) is 0 Å². The molecule has 1 aliphatic heterocycles. The third kappa shape index (κ3) is 3.41. The molecule has 0 saturated carbocycles. The van der Waals surface area contributed by atoms with E-state index in [4.69, 9.17) is 9.15 Å².